The van der Waals surface area contributed by atoms with E-state index < -0.39 is 0 Å². The van der Waals surface area contributed by atoms with Gasteiger partial charge in [0.15, 0.2) is 0 Å². The number of rotatable bonds is 5. The van der Waals surface area contributed by atoms with Gasteiger partial charge < -0.3 is 10.1 Å². The van der Waals surface area contributed by atoms with Gasteiger partial charge in [-0.25, -0.2) is 4.39 Å². The van der Waals surface area contributed by atoms with Crippen molar-refractivity contribution in [1.29, 1.82) is 0 Å². The number of ether oxygens (including phenoxy) is 1. The van der Waals surface area contributed by atoms with Gasteiger partial charge in [-0.2, -0.15) is 0 Å². The molecule has 0 spiro atoms. The molecule has 0 saturated carbocycles. The van der Waals surface area contributed by atoms with E-state index in [9.17, 15) is 4.39 Å². The third-order valence-electron chi connectivity index (χ3n) is 3.46. The molecule has 1 heterocycles. The molecule has 1 saturated heterocycles. The molecule has 0 aromatic heterocycles. The van der Waals surface area contributed by atoms with Crippen LogP contribution in [0.5, 0.6) is 0 Å². The molecule has 0 amide bonds. The predicted molar refractivity (Wildman–Crippen MR) is 71.5 cm³/mol. The molecule has 0 bridgehead atoms. The zero-order valence-corrected chi connectivity index (χ0v) is 11.3. The van der Waals surface area contributed by atoms with Crippen LogP contribution in [0.4, 0.5) is 4.39 Å². The Morgan fingerprint density at radius 3 is 3.00 bits per heavy atom. The summed E-state index contributed by atoms with van der Waals surface area (Å²) in [4.78, 5) is 0. The molecule has 1 N–H and O–H groups in total. The number of benzene rings is 1. The number of nitrogens with one attached hydrogen (secondary N) is 1. The largest absolute Gasteiger partial charge is 0.381 e. The maximum atomic E-state index is 13.0. The fourth-order valence-electron chi connectivity index (χ4n) is 2.46. The van der Waals surface area contributed by atoms with Crippen molar-refractivity contribution in [3.8, 4) is 0 Å². The number of likely N-dealkylation sites (N-methyl/N-ethyl adjacent to an activating group) is 1. The summed E-state index contributed by atoms with van der Waals surface area (Å²) in [6.45, 7) is 4.65. The standard InChI is InChI=1S/C14H19ClFNO/c1-2-17-14(11-5-6-18-9-11)7-10-3-4-12(16)8-13(10)15/h3-4,8,11,14,17H,2,5-7,9H2,1H3. The van der Waals surface area contributed by atoms with Crippen molar-refractivity contribution in [2.45, 2.75) is 25.8 Å². The first-order valence-electron chi connectivity index (χ1n) is 6.45. The van der Waals surface area contributed by atoms with E-state index >= 15 is 0 Å². The van der Waals surface area contributed by atoms with E-state index in [1.165, 1.54) is 12.1 Å². The van der Waals surface area contributed by atoms with Gasteiger partial charge in [-0.1, -0.05) is 24.6 Å². The molecule has 100 valence electrons. The van der Waals surface area contributed by atoms with Gasteiger partial charge >= 0.3 is 0 Å². The molecular weight excluding hydrogens is 253 g/mol. The minimum atomic E-state index is -0.284. The first-order valence-corrected chi connectivity index (χ1v) is 6.83. The van der Waals surface area contributed by atoms with Crippen molar-refractivity contribution in [3.63, 3.8) is 0 Å². The Bertz CT molecular complexity index is 393. The first kappa shape index (κ1) is 13.8. The lowest BCUT2D eigenvalue weighted by Crippen LogP contribution is -2.38. The molecule has 1 fully saturated rings. The number of hydrogen-bond donors (Lipinski definition) is 1. The van der Waals surface area contributed by atoms with Crippen molar-refractivity contribution in [2.24, 2.45) is 5.92 Å². The fraction of sp³-hybridized carbons (Fsp3) is 0.571. The highest BCUT2D eigenvalue weighted by Gasteiger charge is 2.25. The summed E-state index contributed by atoms with van der Waals surface area (Å²) in [6, 6.07) is 4.97. The van der Waals surface area contributed by atoms with Crippen LogP contribution in [0.2, 0.25) is 5.02 Å². The molecule has 4 heteroatoms. The average molecular weight is 272 g/mol. The number of hydrogen-bond acceptors (Lipinski definition) is 2. The van der Waals surface area contributed by atoms with Crippen molar-refractivity contribution < 1.29 is 9.13 Å². The van der Waals surface area contributed by atoms with Crippen LogP contribution >= 0.6 is 11.6 Å². The van der Waals surface area contributed by atoms with Gasteiger partial charge in [0.25, 0.3) is 0 Å². The second-order valence-electron chi connectivity index (χ2n) is 4.73. The Labute approximate surface area is 112 Å². The third kappa shape index (κ3) is 3.44. The van der Waals surface area contributed by atoms with Crippen LogP contribution in [0.25, 0.3) is 0 Å². The van der Waals surface area contributed by atoms with E-state index in [1.807, 2.05) is 0 Å². The predicted octanol–water partition coefficient (Wildman–Crippen LogP) is 3.04. The van der Waals surface area contributed by atoms with Crippen LogP contribution in [-0.2, 0) is 11.2 Å². The second kappa shape index (κ2) is 6.50. The maximum Gasteiger partial charge on any atom is 0.124 e. The van der Waals surface area contributed by atoms with E-state index in [4.69, 9.17) is 16.3 Å². The number of halogens is 2. The molecule has 2 unspecified atom stereocenters. The van der Waals surface area contributed by atoms with Crippen molar-refractivity contribution >= 4 is 11.6 Å². The minimum Gasteiger partial charge on any atom is -0.381 e. The van der Waals surface area contributed by atoms with Gasteiger partial charge in [-0.15, -0.1) is 0 Å². The summed E-state index contributed by atoms with van der Waals surface area (Å²) in [5.74, 6) is 0.235. The van der Waals surface area contributed by atoms with Gasteiger partial charge in [0.05, 0.1) is 6.61 Å². The monoisotopic (exact) mass is 271 g/mol. The second-order valence-corrected chi connectivity index (χ2v) is 5.13. The molecule has 1 aromatic rings. The molecular formula is C14H19ClFNO. The van der Waals surface area contributed by atoms with E-state index in [2.05, 4.69) is 12.2 Å². The van der Waals surface area contributed by atoms with Crippen LogP contribution in [0.1, 0.15) is 18.9 Å². The Morgan fingerprint density at radius 1 is 1.56 bits per heavy atom. The van der Waals surface area contributed by atoms with Gasteiger partial charge in [-0.3, -0.25) is 0 Å². The maximum absolute atomic E-state index is 13.0. The van der Waals surface area contributed by atoms with E-state index in [1.54, 1.807) is 6.07 Å². The molecule has 1 aliphatic heterocycles. The Morgan fingerprint density at radius 2 is 2.39 bits per heavy atom. The van der Waals surface area contributed by atoms with Crippen molar-refractivity contribution in [1.82, 2.24) is 5.32 Å². The molecule has 1 aromatic carbocycles. The fourth-order valence-corrected chi connectivity index (χ4v) is 2.71. The summed E-state index contributed by atoms with van der Waals surface area (Å²) in [6.07, 6.45) is 1.90. The third-order valence-corrected chi connectivity index (χ3v) is 3.81. The molecule has 2 atom stereocenters. The van der Waals surface area contributed by atoms with Gasteiger partial charge in [0.2, 0.25) is 0 Å². The molecule has 0 radical (unpaired) electrons. The Hall–Kier alpha value is -0.640. The highest BCUT2D eigenvalue weighted by molar-refractivity contribution is 6.31. The van der Waals surface area contributed by atoms with Crippen LogP contribution in [0.15, 0.2) is 18.2 Å². The zero-order valence-electron chi connectivity index (χ0n) is 10.6. The molecule has 2 rings (SSSR count). The summed E-state index contributed by atoms with van der Waals surface area (Å²) in [7, 11) is 0. The Kier molecular flexibility index (Phi) is 4.98. The topological polar surface area (TPSA) is 21.3 Å². The van der Waals surface area contributed by atoms with Crippen LogP contribution < -0.4 is 5.32 Å². The van der Waals surface area contributed by atoms with E-state index in [-0.39, 0.29) is 5.82 Å². The van der Waals surface area contributed by atoms with Gasteiger partial charge in [0, 0.05) is 23.6 Å². The van der Waals surface area contributed by atoms with Crippen molar-refractivity contribution in [3.05, 3.63) is 34.6 Å². The zero-order chi connectivity index (χ0) is 13.0. The normalized spacial score (nSPS) is 21.2. The molecule has 2 nitrogen and oxygen atoms in total. The highest BCUT2D eigenvalue weighted by atomic mass is 35.5. The van der Waals surface area contributed by atoms with Gasteiger partial charge in [-0.05, 0) is 37.1 Å². The Balaban J connectivity index is 2.07. The average Bonchev–Trinajstić information content (AvgIpc) is 2.85. The van der Waals surface area contributed by atoms with E-state index in [0.29, 0.717) is 17.0 Å². The summed E-state index contributed by atoms with van der Waals surface area (Å²) >= 11 is 6.08. The van der Waals surface area contributed by atoms with Crippen LogP contribution in [0, 0.1) is 11.7 Å². The van der Waals surface area contributed by atoms with Crippen LogP contribution in [0.3, 0.4) is 0 Å². The van der Waals surface area contributed by atoms with E-state index in [0.717, 1.165) is 38.2 Å². The van der Waals surface area contributed by atoms with Gasteiger partial charge in [0.1, 0.15) is 5.82 Å². The summed E-state index contributed by atoms with van der Waals surface area (Å²) in [5, 5.41) is 3.99. The lowest BCUT2D eigenvalue weighted by Gasteiger charge is -2.23. The lowest BCUT2D eigenvalue weighted by atomic mass is 9.93. The summed E-state index contributed by atoms with van der Waals surface area (Å²) in [5.41, 5.74) is 0.996. The quantitative estimate of drug-likeness (QED) is 0.889. The highest BCUT2D eigenvalue weighted by Crippen LogP contribution is 2.24. The molecule has 18 heavy (non-hydrogen) atoms. The smallest absolute Gasteiger partial charge is 0.124 e. The minimum absolute atomic E-state index is 0.284. The molecule has 0 aliphatic carbocycles. The SMILES string of the molecule is CCNC(Cc1ccc(F)cc1Cl)C1CCOC1. The van der Waals surface area contributed by atoms with Crippen molar-refractivity contribution in [2.75, 3.05) is 19.8 Å². The lowest BCUT2D eigenvalue weighted by molar-refractivity contribution is 0.176. The van der Waals surface area contributed by atoms with Crippen LogP contribution in [-0.4, -0.2) is 25.8 Å². The summed E-state index contributed by atoms with van der Waals surface area (Å²) < 4.78 is 18.5. The first-order chi connectivity index (χ1) is 8.70. The molecule has 1 aliphatic rings.